The lowest BCUT2D eigenvalue weighted by Gasteiger charge is -2.23. The van der Waals surface area contributed by atoms with Crippen LogP contribution in [0.25, 0.3) is 16.9 Å². The van der Waals surface area contributed by atoms with Crippen LogP contribution in [-0.2, 0) is 16.1 Å². The summed E-state index contributed by atoms with van der Waals surface area (Å²) in [6.45, 7) is 2.03. The summed E-state index contributed by atoms with van der Waals surface area (Å²) in [7, 11) is 0. The minimum Gasteiger partial charge on any atom is -0.350 e. The zero-order valence-corrected chi connectivity index (χ0v) is 25.0. The van der Waals surface area contributed by atoms with Gasteiger partial charge in [-0.15, -0.1) is 11.8 Å². The van der Waals surface area contributed by atoms with Crippen molar-refractivity contribution in [2.45, 2.75) is 18.7 Å². The lowest BCUT2D eigenvalue weighted by atomic mass is 10.0. The molecule has 0 aliphatic carbocycles. The van der Waals surface area contributed by atoms with Gasteiger partial charge in [0.05, 0.1) is 22.4 Å². The number of aromatic nitrogens is 2. The SMILES string of the molecule is Cc1ccc(-n2nc(-c3ccc(Cl)cc3)c3c2N(CC(=O)NCc2ccc(F)cc2)C(=O)CS[C@H]3c2ccsc2)cc1. The second kappa shape index (κ2) is 12.1. The third-order valence-corrected chi connectivity index (χ3v) is 9.24. The molecule has 5 aromatic rings. The molecule has 42 heavy (non-hydrogen) atoms. The molecule has 6 rings (SSSR count). The van der Waals surface area contributed by atoms with Crippen LogP contribution in [0.2, 0.25) is 5.02 Å². The number of thiophene rings is 1. The molecule has 0 radical (unpaired) electrons. The number of nitrogens with one attached hydrogen (secondary N) is 1. The van der Waals surface area contributed by atoms with E-state index in [-0.39, 0.29) is 41.7 Å². The first-order valence-corrected chi connectivity index (χ1v) is 15.7. The molecule has 10 heteroatoms. The normalized spacial score (nSPS) is 14.9. The predicted molar refractivity (Wildman–Crippen MR) is 168 cm³/mol. The van der Waals surface area contributed by atoms with Gasteiger partial charge in [0.25, 0.3) is 0 Å². The smallest absolute Gasteiger partial charge is 0.240 e. The summed E-state index contributed by atoms with van der Waals surface area (Å²) in [5.74, 6) is -0.110. The Bertz CT molecular complexity index is 1720. The average molecular weight is 617 g/mol. The van der Waals surface area contributed by atoms with E-state index < -0.39 is 0 Å². The van der Waals surface area contributed by atoms with Crippen LogP contribution in [0.4, 0.5) is 10.2 Å². The van der Waals surface area contributed by atoms with Crippen molar-refractivity contribution < 1.29 is 14.0 Å². The van der Waals surface area contributed by atoms with Crippen LogP contribution in [0.15, 0.2) is 89.6 Å². The molecule has 3 aromatic carbocycles. The fourth-order valence-electron chi connectivity index (χ4n) is 4.90. The number of carbonyl (C=O) groups is 2. The third kappa shape index (κ3) is 5.86. The Balaban J connectivity index is 1.48. The fourth-order valence-corrected chi connectivity index (χ4v) is 6.98. The minimum absolute atomic E-state index is 0.188. The molecule has 1 aliphatic rings. The van der Waals surface area contributed by atoms with Crippen LogP contribution >= 0.6 is 34.7 Å². The van der Waals surface area contributed by atoms with Crippen LogP contribution in [0, 0.1) is 12.7 Å². The molecule has 0 saturated heterocycles. The van der Waals surface area contributed by atoms with Crippen LogP contribution in [0.5, 0.6) is 0 Å². The summed E-state index contributed by atoms with van der Waals surface area (Å²) < 4.78 is 15.1. The van der Waals surface area contributed by atoms with Gasteiger partial charge in [-0.25, -0.2) is 9.07 Å². The summed E-state index contributed by atoms with van der Waals surface area (Å²) in [5, 5.41) is 12.5. The molecule has 1 atom stereocenters. The number of rotatable bonds is 7. The number of carbonyl (C=O) groups excluding carboxylic acids is 2. The van der Waals surface area contributed by atoms with Gasteiger partial charge in [-0.05, 0) is 71.3 Å². The van der Waals surface area contributed by atoms with Crippen molar-refractivity contribution in [3.05, 3.63) is 123 Å². The number of nitrogens with zero attached hydrogens (tertiary/aromatic N) is 3. The molecule has 1 aliphatic heterocycles. The van der Waals surface area contributed by atoms with Gasteiger partial charge in [0, 0.05) is 22.7 Å². The Morgan fingerprint density at radius 2 is 1.79 bits per heavy atom. The largest absolute Gasteiger partial charge is 0.350 e. The van der Waals surface area contributed by atoms with E-state index >= 15 is 0 Å². The zero-order valence-electron chi connectivity index (χ0n) is 22.6. The van der Waals surface area contributed by atoms with Gasteiger partial charge in [-0.1, -0.05) is 53.6 Å². The highest BCUT2D eigenvalue weighted by atomic mass is 35.5. The van der Waals surface area contributed by atoms with E-state index in [1.54, 1.807) is 33.1 Å². The minimum atomic E-state index is -0.341. The van der Waals surface area contributed by atoms with Gasteiger partial charge >= 0.3 is 0 Å². The van der Waals surface area contributed by atoms with Crippen LogP contribution in [0.1, 0.15) is 27.5 Å². The maximum Gasteiger partial charge on any atom is 0.240 e. The molecule has 0 unspecified atom stereocenters. The molecule has 0 spiro atoms. The highest BCUT2D eigenvalue weighted by molar-refractivity contribution is 8.00. The second-order valence-corrected chi connectivity index (χ2v) is 12.3. The van der Waals surface area contributed by atoms with Crippen molar-refractivity contribution in [2.24, 2.45) is 0 Å². The van der Waals surface area contributed by atoms with E-state index in [0.717, 1.165) is 39.2 Å². The first kappa shape index (κ1) is 28.2. The molecular weight excluding hydrogens is 591 g/mol. The topological polar surface area (TPSA) is 67.2 Å². The lowest BCUT2D eigenvalue weighted by Crippen LogP contribution is -2.42. The van der Waals surface area contributed by atoms with E-state index in [9.17, 15) is 14.0 Å². The van der Waals surface area contributed by atoms with Crippen LogP contribution in [0.3, 0.4) is 0 Å². The van der Waals surface area contributed by atoms with Gasteiger partial charge in [0.1, 0.15) is 18.2 Å². The molecule has 1 N–H and O–H groups in total. The standard InChI is InChI=1S/C32H26ClFN4O2S2/c1-20-2-12-26(13-3-20)38-32-29(30(36-38)22-6-8-24(33)9-7-22)31(23-14-15-41-18-23)42-19-28(40)37(32)17-27(39)35-16-21-4-10-25(34)11-5-21/h2-15,18,31H,16-17,19H2,1H3,(H,35,39)/t31-/m0/s1. The highest BCUT2D eigenvalue weighted by Crippen LogP contribution is 2.49. The summed E-state index contributed by atoms with van der Waals surface area (Å²) in [4.78, 5) is 28.6. The second-order valence-electron chi connectivity index (χ2n) is 9.97. The number of amides is 2. The Labute approximate surface area is 256 Å². The van der Waals surface area contributed by atoms with Crippen LogP contribution in [-0.4, -0.2) is 33.9 Å². The number of thioether (sulfide) groups is 1. The third-order valence-electron chi connectivity index (χ3n) is 7.04. The molecule has 6 nitrogen and oxygen atoms in total. The van der Waals surface area contributed by atoms with Crippen molar-refractivity contribution in [3.63, 3.8) is 0 Å². The van der Waals surface area contributed by atoms with Crippen molar-refractivity contribution in [1.82, 2.24) is 15.1 Å². The molecule has 3 heterocycles. The average Bonchev–Trinajstić information content (AvgIpc) is 3.63. The molecule has 2 aromatic heterocycles. The van der Waals surface area contributed by atoms with Crippen LogP contribution < -0.4 is 10.2 Å². The summed E-state index contributed by atoms with van der Waals surface area (Å²) in [6, 6.07) is 23.4. The number of hydrogen-bond acceptors (Lipinski definition) is 5. The number of benzene rings is 3. The molecular formula is C32H26ClFN4O2S2. The van der Waals surface area contributed by atoms with E-state index in [1.807, 2.05) is 60.8 Å². The Morgan fingerprint density at radius 1 is 1.05 bits per heavy atom. The van der Waals surface area contributed by atoms with Crippen molar-refractivity contribution >= 4 is 52.3 Å². The molecule has 0 saturated carbocycles. The quantitative estimate of drug-likeness (QED) is 0.210. The first-order chi connectivity index (χ1) is 20.4. The predicted octanol–water partition coefficient (Wildman–Crippen LogP) is 7.19. The molecule has 0 fully saturated rings. The number of hydrogen-bond donors (Lipinski definition) is 1. The van der Waals surface area contributed by atoms with Gasteiger partial charge in [-0.2, -0.15) is 16.4 Å². The fraction of sp³-hybridized carbons (Fsp3) is 0.156. The Morgan fingerprint density at radius 3 is 2.48 bits per heavy atom. The Kier molecular flexibility index (Phi) is 8.15. The zero-order chi connectivity index (χ0) is 29.2. The first-order valence-electron chi connectivity index (χ1n) is 13.3. The highest BCUT2D eigenvalue weighted by Gasteiger charge is 2.37. The van der Waals surface area contributed by atoms with Crippen molar-refractivity contribution in [2.75, 3.05) is 17.2 Å². The van der Waals surface area contributed by atoms with E-state index in [1.165, 1.54) is 23.9 Å². The van der Waals surface area contributed by atoms with Crippen molar-refractivity contribution in [1.29, 1.82) is 0 Å². The molecule has 0 bridgehead atoms. The number of halogens is 2. The van der Waals surface area contributed by atoms with Gasteiger partial charge < -0.3 is 5.32 Å². The monoisotopic (exact) mass is 616 g/mol. The number of anilines is 1. The summed E-state index contributed by atoms with van der Waals surface area (Å²) in [5.41, 5.74) is 6.14. The van der Waals surface area contributed by atoms with Gasteiger partial charge in [0.2, 0.25) is 11.8 Å². The molecule has 2 amide bonds. The van der Waals surface area contributed by atoms with Gasteiger partial charge in [0.15, 0.2) is 0 Å². The van der Waals surface area contributed by atoms with E-state index in [0.29, 0.717) is 10.8 Å². The number of fused-ring (bicyclic) bond motifs is 1. The summed E-state index contributed by atoms with van der Waals surface area (Å²) >= 11 is 9.35. The lowest BCUT2D eigenvalue weighted by molar-refractivity contribution is -0.123. The maximum atomic E-state index is 13.8. The maximum absolute atomic E-state index is 13.8. The molecule has 212 valence electrons. The van der Waals surface area contributed by atoms with Crippen molar-refractivity contribution in [3.8, 4) is 16.9 Å². The van der Waals surface area contributed by atoms with E-state index in [4.69, 9.17) is 16.7 Å². The van der Waals surface area contributed by atoms with E-state index in [2.05, 4.69) is 16.8 Å². The number of aryl methyl sites for hydroxylation is 1. The summed E-state index contributed by atoms with van der Waals surface area (Å²) in [6.07, 6.45) is 0. The van der Waals surface area contributed by atoms with Gasteiger partial charge in [-0.3, -0.25) is 14.5 Å². The Hall–Kier alpha value is -3.92.